The summed E-state index contributed by atoms with van der Waals surface area (Å²) < 4.78 is 5.26. The normalized spacial score (nSPS) is 12.3. The van der Waals surface area contributed by atoms with E-state index < -0.39 is 6.04 Å². The zero-order chi connectivity index (χ0) is 16.7. The van der Waals surface area contributed by atoms with Crippen molar-refractivity contribution >= 4 is 11.9 Å². The van der Waals surface area contributed by atoms with Crippen LogP contribution >= 0.6 is 0 Å². The van der Waals surface area contributed by atoms with Crippen molar-refractivity contribution in [1.29, 1.82) is 0 Å². The summed E-state index contributed by atoms with van der Waals surface area (Å²) in [6.07, 6.45) is 0. The van der Waals surface area contributed by atoms with Crippen molar-refractivity contribution in [2.24, 2.45) is 5.92 Å². The maximum atomic E-state index is 12.2. The molecule has 2 N–H and O–H groups in total. The number of amides is 1. The van der Waals surface area contributed by atoms with E-state index in [4.69, 9.17) is 4.74 Å². The SMILES string of the molecule is Cc1ccc(C(=O)N[C@@H](C(=O)OCC[NH+](C)C)C(C)C)cc1. The molecule has 0 saturated heterocycles. The Labute approximate surface area is 132 Å². The van der Waals surface area contributed by atoms with Crippen molar-refractivity contribution in [3.63, 3.8) is 0 Å². The molecule has 22 heavy (non-hydrogen) atoms. The molecule has 5 nitrogen and oxygen atoms in total. The second kappa shape index (κ2) is 8.54. The van der Waals surface area contributed by atoms with Gasteiger partial charge in [-0.3, -0.25) is 4.79 Å². The Morgan fingerprint density at radius 2 is 1.77 bits per heavy atom. The van der Waals surface area contributed by atoms with Gasteiger partial charge in [0, 0.05) is 5.56 Å². The molecule has 1 rings (SSSR count). The van der Waals surface area contributed by atoms with Crippen molar-refractivity contribution < 1.29 is 19.2 Å². The van der Waals surface area contributed by atoms with Gasteiger partial charge in [-0.1, -0.05) is 31.5 Å². The molecular weight excluding hydrogens is 280 g/mol. The summed E-state index contributed by atoms with van der Waals surface area (Å²) in [7, 11) is 3.99. The summed E-state index contributed by atoms with van der Waals surface area (Å²) in [5, 5.41) is 2.77. The molecule has 0 heterocycles. The lowest BCUT2D eigenvalue weighted by Crippen LogP contribution is -3.06. The van der Waals surface area contributed by atoms with Crippen LogP contribution in [-0.2, 0) is 9.53 Å². The van der Waals surface area contributed by atoms with Crippen LogP contribution in [0.3, 0.4) is 0 Å². The molecule has 0 spiro atoms. The Hall–Kier alpha value is -1.88. The molecule has 0 aliphatic rings. The van der Waals surface area contributed by atoms with Crippen molar-refractivity contribution in [2.75, 3.05) is 27.2 Å². The van der Waals surface area contributed by atoms with Crippen LogP contribution in [0.2, 0.25) is 0 Å². The molecule has 5 heteroatoms. The number of esters is 1. The van der Waals surface area contributed by atoms with Crippen molar-refractivity contribution in [2.45, 2.75) is 26.8 Å². The molecule has 0 radical (unpaired) electrons. The van der Waals surface area contributed by atoms with Crippen LogP contribution in [0.1, 0.15) is 29.8 Å². The number of carbonyl (C=O) groups excluding carboxylic acids is 2. The lowest BCUT2D eigenvalue weighted by atomic mass is 10.0. The standard InChI is InChI=1S/C17H26N2O3/c1-12(2)15(17(21)22-11-10-19(4)5)18-16(20)14-8-6-13(3)7-9-14/h6-9,12,15H,10-11H2,1-5H3,(H,18,20)/p+1/t15-/m1/s1. The summed E-state index contributed by atoms with van der Waals surface area (Å²) in [6, 6.07) is 6.62. The summed E-state index contributed by atoms with van der Waals surface area (Å²) in [5.41, 5.74) is 1.63. The van der Waals surface area contributed by atoms with Gasteiger partial charge < -0.3 is 15.0 Å². The second-order valence-electron chi connectivity index (χ2n) is 6.19. The Bertz CT molecular complexity index is 495. The Balaban J connectivity index is 2.65. The number of hydrogen-bond donors (Lipinski definition) is 2. The van der Waals surface area contributed by atoms with E-state index in [0.717, 1.165) is 12.1 Å². The van der Waals surface area contributed by atoms with Gasteiger partial charge in [0.2, 0.25) is 0 Å². The zero-order valence-corrected chi connectivity index (χ0v) is 14.1. The highest BCUT2D eigenvalue weighted by Crippen LogP contribution is 2.08. The Morgan fingerprint density at radius 1 is 1.18 bits per heavy atom. The number of ether oxygens (including phenoxy) is 1. The number of likely N-dealkylation sites (N-methyl/N-ethyl adjacent to an activating group) is 1. The highest BCUT2D eigenvalue weighted by Gasteiger charge is 2.26. The highest BCUT2D eigenvalue weighted by atomic mass is 16.5. The van der Waals surface area contributed by atoms with Gasteiger partial charge in [-0.05, 0) is 25.0 Å². The van der Waals surface area contributed by atoms with E-state index in [0.29, 0.717) is 12.2 Å². The minimum absolute atomic E-state index is 0.0337. The van der Waals surface area contributed by atoms with Gasteiger partial charge in [0.25, 0.3) is 5.91 Å². The third-order valence-corrected chi connectivity index (χ3v) is 3.37. The van der Waals surface area contributed by atoms with Gasteiger partial charge in [0.05, 0.1) is 14.1 Å². The lowest BCUT2D eigenvalue weighted by Gasteiger charge is -2.21. The molecule has 1 aromatic rings. The van der Waals surface area contributed by atoms with Crippen LogP contribution in [0, 0.1) is 12.8 Å². The van der Waals surface area contributed by atoms with Crippen molar-refractivity contribution in [3.8, 4) is 0 Å². The lowest BCUT2D eigenvalue weighted by molar-refractivity contribution is -0.858. The number of benzene rings is 1. The summed E-state index contributed by atoms with van der Waals surface area (Å²) >= 11 is 0. The minimum atomic E-state index is -0.633. The molecule has 122 valence electrons. The quantitative estimate of drug-likeness (QED) is 0.719. The number of hydrogen-bond acceptors (Lipinski definition) is 3. The van der Waals surface area contributed by atoms with Gasteiger partial charge in [-0.25, -0.2) is 4.79 Å². The smallest absolute Gasteiger partial charge is 0.329 e. The van der Waals surface area contributed by atoms with E-state index in [-0.39, 0.29) is 17.8 Å². The van der Waals surface area contributed by atoms with E-state index in [1.165, 1.54) is 4.90 Å². The fourth-order valence-corrected chi connectivity index (χ4v) is 1.87. The van der Waals surface area contributed by atoms with Gasteiger partial charge in [-0.2, -0.15) is 0 Å². The number of quaternary nitrogens is 1. The first-order valence-corrected chi connectivity index (χ1v) is 7.64. The first kappa shape index (κ1) is 18.2. The van der Waals surface area contributed by atoms with E-state index in [2.05, 4.69) is 5.32 Å². The average molecular weight is 307 g/mol. The molecule has 0 aliphatic heterocycles. The summed E-state index contributed by atoms with van der Waals surface area (Å²) in [6.45, 7) is 6.83. The van der Waals surface area contributed by atoms with Crippen molar-refractivity contribution in [1.82, 2.24) is 5.32 Å². The summed E-state index contributed by atoms with van der Waals surface area (Å²) in [5.74, 6) is -0.667. The van der Waals surface area contributed by atoms with Crippen LogP contribution in [0.4, 0.5) is 0 Å². The number of carbonyl (C=O) groups is 2. The predicted molar refractivity (Wildman–Crippen MR) is 85.9 cm³/mol. The zero-order valence-electron chi connectivity index (χ0n) is 14.1. The van der Waals surface area contributed by atoms with Crippen LogP contribution in [-0.4, -0.2) is 45.2 Å². The van der Waals surface area contributed by atoms with Gasteiger partial charge in [0.1, 0.15) is 19.2 Å². The number of aryl methyl sites for hydroxylation is 1. The topological polar surface area (TPSA) is 59.8 Å². The first-order valence-electron chi connectivity index (χ1n) is 7.64. The molecule has 1 atom stereocenters. The molecule has 1 amide bonds. The van der Waals surface area contributed by atoms with Crippen LogP contribution in [0.15, 0.2) is 24.3 Å². The summed E-state index contributed by atoms with van der Waals surface area (Å²) in [4.78, 5) is 25.6. The van der Waals surface area contributed by atoms with Gasteiger partial charge in [0.15, 0.2) is 0 Å². The molecule has 0 fully saturated rings. The third kappa shape index (κ3) is 5.85. The Kier molecular flexibility index (Phi) is 7.05. The molecule has 0 aliphatic carbocycles. The van der Waals surface area contributed by atoms with Crippen LogP contribution in [0.5, 0.6) is 0 Å². The third-order valence-electron chi connectivity index (χ3n) is 3.37. The first-order chi connectivity index (χ1) is 10.3. The molecule has 0 bridgehead atoms. The van der Waals surface area contributed by atoms with Gasteiger partial charge in [-0.15, -0.1) is 0 Å². The van der Waals surface area contributed by atoms with E-state index in [9.17, 15) is 9.59 Å². The maximum Gasteiger partial charge on any atom is 0.329 e. The van der Waals surface area contributed by atoms with Crippen molar-refractivity contribution in [3.05, 3.63) is 35.4 Å². The number of nitrogens with one attached hydrogen (secondary N) is 2. The monoisotopic (exact) mass is 307 g/mol. The maximum absolute atomic E-state index is 12.2. The second-order valence-corrected chi connectivity index (χ2v) is 6.19. The molecule has 1 aromatic carbocycles. The molecule has 0 aromatic heterocycles. The highest BCUT2D eigenvalue weighted by molar-refractivity contribution is 5.96. The molecular formula is C17H27N2O3+. The van der Waals surface area contributed by atoms with Gasteiger partial charge >= 0.3 is 5.97 Å². The molecule has 0 saturated carbocycles. The fourth-order valence-electron chi connectivity index (χ4n) is 1.87. The fraction of sp³-hybridized carbons (Fsp3) is 0.529. The van der Waals surface area contributed by atoms with E-state index in [1.54, 1.807) is 12.1 Å². The largest absolute Gasteiger partial charge is 0.458 e. The van der Waals surface area contributed by atoms with Crippen LogP contribution in [0.25, 0.3) is 0 Å². The Morgan fingerprint density at radius 3 is 2.27 bits per heavy atom. The number of rotatable bonds is 7. The minimum Gasteiger partial charge on any atom is -0.458 e. The predicted octanol–water partition coefficient (Wildman–Crippen LogP) is 0.437. The van der Waals surface area contributed by atoms with E-state index in [1.807, 2.05) is 47.0 Å². The van der Waals surface area contributed by atoms with Crippen LogP contribution < -0.4 is 10.2 Å². The van der Waals surface area contributed by atoms with E-state index >= 15 is 0 Å². The average Bonchev–Trinajstić information content (AvgIpc) is 2.44. The molecule has 0 unspecified atom stereocenters.